The average molecular weight is 301 g/mol. The van der Waals surface area contributed by atoms with Crippen molar-refractivity contribution >= 4 is 27.1 Å². The van der Waals surface area contributed by atoms with Crippen LogP contribution in [0, 0.1) is 5.92 Å². The van der Waals surface area contributed by atoms with Crippen molar-refractivity contribution in [2.75, 3.05) is 11.5 Å². The summed E-state index contributed by atoms with van der Waals surface area (Å²) in [5.41, 5.74) is 0. The van der Waals surface area contributed by atoms with Crippen LogP contribution >= 0.6 is 11.3 Å². The molecule has 0 spiro atoms. The van der Waals surface area contributed by atoms with Gasteiger partial charge in [0.1, 0.15) is 0 Å². The number of nitrogens with zero attached hydrogens (tertiary/aromatic N) is 1. The quantitative estimate of drug-likeness (QED) is 0.854. The zero-order chi connectivity index (χ0) is 14.0. The van der Waals surface area contributed by atoms with Gasteiger partial charge in [-0.1, -0.05) is 19.9 Å². The van der Waals surface area contributed by atoms with Crippen LogP contribution in [0.4, 0.5) is 0 Å². The molecule has 0 radical (unpaired) electrons. The van der Waals surface area contributed by atoms with Crippen LogP contribution in [-0.4, -0.2) is 36.8 Å². The largest absolute Gasteiger partial charge is 0.333 e. The van der Waals surface area contributed by atoms with Crippen LogP contribution in [0.3, 0.4) is 0 Å². The van der Waals surface area contributed by atoms with Crippen molar-refractivity contribution in [3.8, 4) is 0 Å². The van der Waals surface area contributed by atoms with E-state index in [9.17, 15) is 13.2 Å². The number of hydrogen-bond acceptors (Lipinski definition) is 4. The summed E-state index contributed by atoms with van der Waals surface area (Å²) < 4.78 is 23.2. The molecule has 1 aromatic rings. The van der Waals surface area contributed by atoms with E-state index in [1.165, 1.54) is 0 Å². The lowest BCUT2D eigenvalue weighted by atomic mass is 10.1. The van der Waals surface area contributed by atoms with E-state index in [1.54, 1.807) is 16.2 Å². The Hall–Kier alpha value is -0.880. The number of carbonyl (C=O) groups is 1. The molecule has 0 N–H and O–H groups in total. The predicted molar refractivity (Wildman–Crippen MR) is 76.8 cm³/mol. The molecule has 1 fully saturated rings. The van der Waals surface area contributed by atoms with Gasteiger partial charge in [0.25, 0.3) is 0 Å². The molecule has 6 heteroatoms. The second-order valence-electron chi connectivity index (χ2n) is 5.26. The smallest absolute Gasteiger partial charge is 0.225 e. The SMILES string of the molecule is CC(C)C(=O)N(Cc1cccs1)C1CCS(=O)(=O)C1. The zero-order valence-electron chi connectivity index (χ0n) is 11.2. The summed E-state index contributed by atoms with van der Waals surface area (Å²) in [5.74, 6) is 0.236. The van der Waals surface area contributed by atoms with Crippen LogP contribution in [0.5, 0.6) is 0 Å². The highest BCUT2D eigenvalue weighted by Crippen LogP contribution is 2.23. The number of amides is 1. The van der Waals surface area contributed by atoms with Crippen molar-refractivity contribution in [3.63, 3.8) is 0 Å². The van der Waals surface area contributed by atoms with Crippen LogP contribution in [0.15, 0.2) is 17.5 Å². The monoisotopic (exact) mass is 301 g/mol. The fourth-order valence-electron chi connectivity index (χ4n) is 2.31. The van der Waals surface area contributed by atoms with Gasteiger partial charge in [-0.05, 0) is 17.9 Å². The van der Waals surface area contributed by atoms with E-state index in [0.29, 0.717) is 13.0 Å². The predicted octanol–water partition coefficient (Wildman–Crippen LogP) is 1.92. The molecule has 0 aromatic carbocycles. The first-order chi connectivity index (χ1) is 8.89. The van der Waals surface area contributed by atoms with E-state index in [1.807, 2.05) is 31.4 Å². The molecule has 2 rings (SSSR count). The number of hydrogen-bond donors (Lipinski definition) is 0. The first kappa shape index (κ1) is 14.5. The molecule has 0 aliphatic carbocycles. The highest BCUT2D eigenvalue weighted by molar-refractivity contribution is 7.91. The maximum atomic E-state index is 12.3. The normalized spacial score (nSPS) is 21.7. The Kier molecular flexibility index (Phi) is 4.30. The van der Waals surface area contributed by atoms with Gasteiger partial charge in [-0.2, -0.15) is 0 Å². The summed E-state index contributed by atoms with van der Waals surface area (Å²) in [4.78, 5) is 15.1. The molecule has 1 aliphatic rings. The van der Waals surface area contributed by atoms with E-state index in [-0.39, 0.29) is 29.4 Å². The van der Waals surface area contributed by atoms with Crippen molar-refractivity contribution in [1.29, 1.82) is 0 Å². The van der Waals surface area contributed by atoms with Gasteiger partial charge in [0, 0.05) is 16.8 Å². The first-order valence-corrected chi connectivity index (χ1v) is 9.12. The maximum absolute atomic E-state index is 12.3. The lowest BCUT2D eigenvalue weighted by Gasteiger charge is -2.29. The number of carbonyl (C=O) groups excluding carboxylic acids is 1. The third-order valence-corrected chi connectivity index (χ3v) is 5.94. The van der Waals surface area contributed by atoms with Gasteiger partial charge in [0.2, 0.25) is 5.91 Å². The molecule has 1 atom stereocenters. The summed E-state index contributed by atoms with van der Waals surface area (Å²) in [6, 6.07) is 3.76. The highest BCUT2D eigenvalue weighted by Gasteiger charge is 2.35. The fraction of sp³-hybridized carbons (Fsp3) is 0.615. The molecule has 1 aliphatic heterocycles. The zero-order valence-corrected chi connectivity index (χ0v) is 12.8. The third-order valence-electron chi connectivity index (χ3n) is 3.33. The van der Waals surface area contributed by atoms with Crippen molar-refractivity contribution in [1.82, 2.24) is 4.90 Å². The molecular weight excluding hydrogens is 282 g/mol. The summed E-state index contributed by atoms with van der Waals surface area (Å²) in [6.07, 6.45) is 0.562. The van der Waals surface area contributed by atoms with Crippen LogP contribution < -0.4 is 0 Å². The molecule has 1 unspecified atom stereocenters. The molecule has 106 valence electrons. The minimum Gasteiger partial charge on any atom is -0.333 e. The molecule has 1 aromatic heterocycles. The summed E-state index contributed by atoms with van der Waals surface area (Å²) >= 11 is 1.60. The lowest BCUT2D eigenvalue weighted by molar-refractivity contribution is -0.137. The van der Waals surface area contributed by atoms with Crippen molar-refractivity contribution in [3.05, 3.63) is 22.4 Å². The van der Waals surface area contributed by atoms with E-state index in [2.05, 4.69) is 0 Å². The molecule has 2 heterocycles. The standard InChI is InChI=1S/C13H19NO3S2/c1-10(2)13(15)14(8-12-4-3-6-18-12)11-5-7-19(16,17)9-11/h3-4,6,10-11H,5,7-9H2,1-2H3. The summed E-state index contributed by atoms with van der Waals surface area (Å²) in [5, 5.41) is 1.97. The van der Waals surface area contributed by atoms with Crippen LogP contribution in [-0.2, 0) is 21.2 Å². The van der Waals surface area contributed by atoms with Crippen LogP contribution in [0.2, 0.25) is 0 Å². The van der Waals surface area contributed by atoms with E-state index in [4.69, 9.17) is 0 Å². The van der Waals surface area contributed by atoms with Gasteiger partial charge >= 0.3 is 0 Å². The maximum Gasteiger partial charge on any atom is 0.225 e. The Labute approximate surface area is 118 Å². The number of sulfone groups is 1. The van der Waals surface area contributed by atoms with Crippen LogP contribution in [0.25, 0.3) is 0 Å². The minimum absolute atomic E-state index is 0.0375. The second-order valence-corrected chi connectivity index (χ2v) is 8.52. The van der Waals surface area contributed by atoms with Gasteiger partial charge in [-0.15, -0.1) is 11.3 Å². The van der Waals surface area contributed by atoms with Crippen molar-refractivity contribution in [2.24, 2.45) is 5.92 Å². The van der Waals surface area contributed by atoms with Crippen molar-refractivity contribution in [2.45, 2.75) is 32.9 Å². The first-order valence-electron chi connectivity index (χ1n) is 6.42. The van der Waals surface area contributed by atoms with Gasteiger partial charge in [0.15, 0.2) is 9.84 Å². The molecule has 1 amide bonds. The van der Waals surface area contributed by atoms with Gasteiger partial charge in [-0.25, -0.2) is 8.42 Å². The highest BCUT2D eigenvalue weighted by atomic mass is 32.2. The molecule has 4 nitrogen and oxygen atoms in total. The second kappa shape index (κ2) is 5.63. The average Bonchev–Trinajstić information content (AvgIpc) is 2.94. The van der Waals surface area contributed by atoms with Crippen LogP contribution in [0.1, 0.15) is 25.1 Å². The Bertz CT molecular complexity index is 534. The van der Waals surface area contributed by atoms with Gasteiger partial charge in [-0.3, -0.25) is 4.79 Å². The number of thiophene rings is 1. The molecule has 19 heavy (non-hydrogen) atoms. The lowest BCUT2D eigenvalue weighted by Crippen LogP contribution is -2.42. The molecular formula is C13H19NO3S2. The minimum atomic E-state index is -2.97. The molecule has 1 saturated heterocycles. The Morgan fingerprint density at radius 3 is 2.74 bits per heavy atom. The third kappa shape index (κ3) is 3.57. The molecule has 0 saturated carbocycles. The fourth-order valence-corrected chi connectivity index (χ4v) is 4.74. The Morgan fingerprint density at radius 1 is 1.53 bits per heavy atom. The van der Waals surface area contributed by atoms with E-state index in [0.717, 1.165) is 4.88 Å². The summed E-state index contributed by atoms with van der Waals surface area (Å²) in [7, 11) is -2.97. The topological polar surface area (TPSA) is 54.5 Å². The van der Waals surface area contributed by atoms with Gasteiger partial charge < -0.3 is 4.90 Å². The van der Waals surface area contributed by atoms with E-state index >= 15 is 0 Å². The van der Waals surface area contributed by atoms with E-state index < -0.39 is 9.84 Å². The molecule has 0 bridgehead atoms. The Balaban J connectivity index is 2.17. The summed E-state index contributed by atoms with van der Waals surface area (Å²) in [6.45, 7) is 4.23. The van der Waals surface area contributed by atoms with Crippen molar-refractivity contribution < 1.29 is 13.2 Å². The number of rotatable bonds is 4. The Morgan fingerprint density at radius 2 is 2.26 bits per heavy atom. The van der Waals surface area contributed by atoms with Gasteiger partial charge in [0.05, 0.1) is 18.1 Å².